The Balaban J connectivity index is 1.84. The van der Waals surface area contributed by atoms with Crippen molar-refractivity contribution in [2.75, 3.05) is 28.3 Å². The molecule has 0 amide bonds. The van der Waals surface area contributed by atoms with Gasteiger partial charge in [0, 0.05) is 22.4 Å². The fourth-order valence-electron chi connectivity index (χ4n) is 1.73. The highest BCUT2D eigenvalue weighted by molar-refractivity contribution is 7.92. The molecule has 0 saturated heterocycles. The van der Waals surface area contributed by atoms with E-state index in [9.17, 15) is 8.42 Å². The first-order valence-electron chi connectivity index (χ1n) is 6.85. The highest BCUT2D eigenvalue weighted by Gasteiger charge is 2.05. The van der Waals surface area contributed by atoms with Crippen molar-refractivity contribution in [3.8, 4) is 0 Å². The fourth-order valence-corrected chi connectivity index (χ4v) is 3.11. The summed E-state index contributed by atoms with van der Waals surface area (Å²) in [4.78, 5) is 5.56. The molecule has 0 saturated carbocycles. The van der Waals surface area contributed by atoms with Gasteiger partial charge in [0.15, 0.2) is 5.13 Å². The number of sulfonamides is 1. The molecule has 22 heavy (non-hydrogen) atoms. The van der Waals surface area contributed by atoms with Gasteiger partial charge in [-0.3, -0.25) is 4.72 Å². The molecule has 2 aromatic rings. The maximum absolute atomic E-state index is 11.1. The first-order chi connectivity index (χ1) is 10.3. The molecule has 0 bridgehead atoms. The van der Waals surface area contributed by atoms with Gasteiger partial charge >= 0.3 is 0 Å². The lowest BCUT2D eigenvalue weighted by Crippen LogP contribution is -2.12. The maximum atomic E-state index is 11.1. The summed E-state index contributed by atoms with van der Waals surface area (Å²) in [5, 5.41) is 7.29. The van der Waals surface area contributed by atoms with Gasteiger partial charge in [0.25, 0.3) is 0 Å². The van der Waals surface area contributed by atoms with Crippen LogP contribution in [0.4, 0.5) is 16.5 Å². The number of anilines is 3. The molecule has 3 N–H and O–H groups in total. The summed E-state index contributed by atoms with van der Waals surface area (Å²) in [6, 6.07) is 7.06. The van der Waals surface area contributed by atoms with Crippen LogP contribution in [0.15, 0.2) is 30.5 Å². The normalized spacial score (nSPS) is 11.5. The molecule has 1 aromatic heterocycles. The van der Waals surface area contributed by atoms with Gasteiger partial charge < -0.3 is 10.6 Å². The summed E-state index contributed by atoms with van der Waals surface area (Å²) < 4.78 is 24.7. The second-order valence-electron chi connectivity index (χ2n) is 5.20. The number of nitrogens with one attached hydrogen (secondary N) is 3. The molecule has 0 spiro atoms. The molecule has 8 heteroatoms. The van der Waals surface area contributed by atoms with Crippen molar-refractivity contribution < 1.29 is 8.42 Å². The Morgan fingerprint density at radius 1 is 1.14 bits per heavy atom. The van der Waals surface area contributed by atoms with E-state index in [0.29, 0.717) is 18.3 Å². The van der Waals surface area contributed by atoms with Crippen LogP contribution in [0.1, 0.15) is 24.6 Å². The van der Waals surface area contributed by atoms with Gasteiger partial charge in [0.2, 0.25) is 10.0 Å². The minimum Gasteiger partial charge on any atom is -0.368 e. The summed E-state index contributed by atoms with van der Waals surface area (Å²) in [6.45, 7) is 4.83. The first-order valence-corrected chi connectivity index (χ1v) is 9.55. The highest BCUT2D eigenvalue weighted by Crippen LogP contribution is 2.25. The van der Waals surface area contributed by atoms with Crippen LogP contribution in [0.3, 0.4) is 0 Å². The van der Waals surface area contributed by atoms with Crippen LogP contribution in [0.25, 0.3) is 0 Å². The Morgan fingerprint density at radius 3 is 2.32 bits per heavy atom. The number of thiazole rings is 1. The van der Waals surface area contributed by atoms with Gasteiger partial charge in [-0.1, -0.05) is 13.8 Å². The minimum absolute atomic E-state index is 0.482. The molecule has 1 heterocycles. The molecule has 6 nitrogen and oxygen atoms in total. The van der Waals surface area contributed by atoms with Gasteiger partial charge in [0.1, 0.15) is 0 Å². The van der Waals surface area contributed by atoms with Crippen LogP contribution in [0.5, 0.6) is 0 Å². The van der Waals surface area contributed by atoms with Gasteiger partial charge in [-0.15, -0.1) is 11.3 Å². The number of hydrogen-bond donors (Lipinski definition) is 3. The van der Waals surface area contributed by atoms with Crippen molar-refractivity contribution in [1.29, 1.82) is 0 Å². The van der Waals surface area contributed by atoms with Crippen LogP contribution >= 0.6 is 11.3 Å². The lowest BCUT2D eigenvalue weighted by Gasteiger charge is -2.09. The predicted octanol–water partition coefficient (Wildman–Crippen LogP) is 3.12. The van der Waals surface area contributed by atoms with Crippen molar-refractivity contribution in [2.45, 2.75) is 19.8 Å². The van der Waals surface area contributed by atoms with E-state index in [-0.39, 0.29) is 0 Å². The van der Waals surface area contributed by atoms with Crippen molar-refractivity contribution >= 4 is 37.9 Å². The molecule has 0 aliphatic carbocycles. The van der Waals surface area contributed by atoms with Crippen molar-refractivity contribution in [3.05, 3.63) is 35.3 Å². The Morgan fingerprint density at radius 2 is 1.77 bits per heavy atom. The van der Waals surface area contributed by atoms with E-state index >= 15 is 0 Å². The van der Waals surface area contributed by atoms with Gasteiger partial charge in [0.05, 0.1) is 12.9 Å². The van der Waals surface area contributed by atoms with E-state index < -0.39 is 10.0 Å². The maximum Gasteiger partial charge on any atom is 0.229 e. The molecule has 0 fully saturated rings. The summed E-state index contributed by atoms with van der Waals surface area (Å²) in [7, 11) is -3.24. The molecular weight excluding hydrogens is 320 g/mol. The molecule has 0 unspecified atom stereocenters. The van der Waals surface area contributed by atoms with Gasteiger partial charge in [-0.2, -0.15) is 0 Å². The average Bonchev–Trinajstić information content (AvgIpc) is 2.88. The third-order valence-electron chi connectivity index (χ3n) is 2.81. The summed E-state index contributed by atoms with van der Waals surface area (Å²) >= 11 is 1.65. The van der Waals surface area contributed by atoms with Crippen LogP contribution in [0, 0.1) is 0 Å². The lowest BCUT2D eigenvalue weighted by molar-refractivity contribution is 0.607. The van der Waals surface area contributed by atoms with E-state index in [4.69, 9.17) is 0 Å². The topological polar surface area (TPSA) is 83.1 Å². The Kier molecular flexibility index (Phi) is 5.25. The van der Waals surface area contributed by atoms with Gasteiger partial charge in [-0.05, 0) is 30.2 Å². The largest absolute Gasteiger partial charge is 0.368 e. The summed E-state index contributed by atoms with van der Waals surface area (Å²) in [5.74, 6) is 0.482. The molecule has 2 rings (SSSR count). The Bertz CT molecular complexity index is 709. The van der Waals surface area contributed by atoms with Crippen LogP contribution in [0.2, 0.25) is 0 Å². The second-order valence-corrected chi connectivity index (χ2v) is 8.02. The molecule has 120 valence electrons. The SMILES string of the molecule is CC(C)c1cnc(NCNc2ccc(NS(C)(=O)=O)cc2)s1. The Hall–Kier alpha value is -1.80. The number of aromatic nitrogens is 1. The molecule has 0 atom stereocenters. The standard InChI is InChI=1S/C14H20N4O2S2/c1-10(2)13-8-15-14(21-13)17-9-16-11-4-6-12(7-5-11)18-22(3,19)20/h4-8,10,16,18H,9H2,1-3H3,(H,15,17). The number of rotatable bonds is 7. The zero-order valence-corrected chi connectivity index (χ0v) is 14.4. The smallest absolute Gasteiger partial charge is 0.229 e. The monoisotopic (exact) mass is 340 g/mol. The third kappa shape index (κ3) is 5.19. The molecule has 0 aliphatic rings. The second kappa shape index (κ2) is 6.97. The van der Waals surface area contributed by atoms with Crippen LogP contribution < -0.4 is 15.4 Å². The summed E-state index contributed by atoms with van der Waals surface area (Å²) in [5.41, 5.74) is 1.44. The molecule has 0 aliphatic heterocycles. The van der Waals surface area contributed by atoms with E-state index in [2.05, 4.69) is 34.2 Å². The predicted molar refractivity (Wildman–Crippen MR) is 93.2 cm³/mol. The number of benzene rings is 1. The average molecular weight is 340 g/mol. The van der Waals surface area contributed by atoms with E-state index in [1.807, 2.05) is 18.3 Å². The fraction of sp³-hybridized carbons (Fsp3) is 0.357. The zero-order valence-electron chi connectivity index (χ0n) is 12.8. The third-order valence-corrected chi connectivity index (χ3v) is 4.67. The van der Waals surface area contributed by atoms with E-state index in [1.165, 1.54) is 4.88 Å². The quantitative estimate of drug-likeness (QED) is 0.675. The van der Waals surface area contributed by atoms with Gasteiger partial charge in [-0.25, -0.2) is 13.4 Å². The lowest BCUT2D eigenvalue weighted by atomic mass is 10.2. The molecular formula is C14H20N4O2S2. The molecule has 0 radical (unpaired) electrons. The highest BCUT2D eigenvalue weighted by atomic mass is 32.2. The number of hydrogen-bond acceptors (Lipinski definition) is 6. The van der Waals surface area contributed by atoms with Crippen molar-refractivity contribution in [1.82, 2.24) is 4.98 Å². The summed E-state index contributed by atoms with van der Waals surface area (Å²) in [6.07, 6.45) is 3.02. The van der Waals surface area contributed by atoms with Crippen LogP contribution in [-0.4, -0.2) is 26.3 Å². The zero-order chi connectivity index (χ0) is 16.2. The van der Waals surface area contributed by atoms with E-state index in [1.54, 1.807) is 23.5 Å². The minimum atomic E-state index is -3.24. The van der Waals surface area contributed by atoms with Crippen LogP contribution in [-0.2, 0) is 10.0 Å². The first kappa shape index (κ1) is 16.6. The van der Waals surface area contributed by atoms with Crippen molar-refractivity contribution in [2.24, 2.45) is 0 Å². The van der Waals surface area contributed by atoms with Crippen molar-refractivity contribution in [3.63, 3.8) is 0 Å². The molecule has 1 aromatic carbocycles. The Labute approximate surface area is 135 Å². The number of nitrogens with zero attached hydrogens (tertiary/aromatic N) is 1. The van der Waals surface area contributed by atoms with E-state index in [0.717, 1.165) is 17.1 Å².